The normalized spacial score (nSPS) is 7.60. The van der Waals surface area contributed by atoms with E-state index in [0.29, 0.717) is 24.3 Å². The number of hydrogen-bond donors (Lipinski definition) is 0. The van der Waals surface area contributed by atoms with Gasteiger partial charge in [0.2, 0.25) is 0 Å². The fraction of sp³-hybridized carbons (Fsp3) is 0. The van der Waals surface area contributed by atoms with Crippen molar-refractivity contribution in [3.63, 3.8) is 0 Å². The molecule has 12 heteroatoms. The van der Waals surface area contributed by atoms with Crippen LogP contribution in [0.25, 0.3) is 0 Å². The molecule has 0 aliphatic rings. The first-order valence-corrected chi connectivity index (χ1v) is 3.45. The minimum atomic E-state index is -1.55. The molecule has 0 N–H and O–H groups in total. The van der Waals surface area contributed by atoms with Crippen LogP contribution in [0.2, 0.25) is 0 Å². The third kappa shape index (κ3) is 49.5. The smallest absolute Gasteiger partial charge is 0.545 e. The van der Waals surface area contributed by atoms with Gasteiger partial charge in [-0.05, 0) is 24.3 Å². The summed E-state index contributed by atoms with van der Waals surface area (Å²) in [5.74, 6) is -6.19. The van der Waals surface area contributed by atoms with E-state index in [9.17, 15) is 39.6 Å². The molecule has 8 nitrogen and oxygen atoms in total. The van der Waals surface area contributed by atoms with Gasteiger partial charge in [-0.25, -0.2) is 0 Å². The standard InChI is InChI=1S/2C4H4O4.4K/c2*5-3(6)1-2-4(7)8;;;;/h2*1-2H,(H,5,6)(H,7,8);;;;/q;;4*+1/p-4/b2*2-1+;;;;. The summed E-state index contributed by atoms with van der Waals surface area (Å²) in [7, 11) is 0. The zero-order chi connectivity index (χ0) is 13.1. The molecule has 0 heterocycles. The molecule has 0 aromatic carbocycles. The van der Waals surface area contributed by atoms with Crippen LogP contribution in [0.3, 0.4) is 0 Å². The second-order valence-electron chi connectivity index (χ2n) is 1.94. The molecule has 0 aromatic heterocycles. The van der Waals surface area contributed by atoms with E-state index in [2.05, 4.69) is 0 Å². The Kier molecular flexibility index (Phi) is 54.3. The number of carboxylic acids is 4. The molecule has 0 bridgehead atoms. The number of carbonyl (C=O) groups excluding carboxylic acids is 4. The predicted molar refractivity (Wildman–Crippen MR) is 38.3 cm³/mol. The van der Waals surface area contributed by atoms with Crippen molar-refractivity contribution in [2.24, 2.45) is 0 Å². The van der Waals surface area contributed by atoms with E-state index in [1.165, 1.54) is 0 Å². The summed E-state index contributed by atoms with van der Waals surface area (Å²) in [5, 5.41) is 37.7. The first-order valence-electron chi connectivity index (χ1n) is 3.45. The molecule has 0 aliphatic heterocycles. The molecule has 20 heavy (non-hydrogen) atoms. The Morgan fingerprint density at radius 1 is 0.450 bits per heavy atom. The monoisotopic (exact) mass is 384 g/mol. The van der Waals surface area contributed by atoms with Crippen molar-refractivity contribution in [1.82, 2.24) is 0 Å². The predicted octanol–water partition coefficient (Wildman–Crippen LogP) is -17.9. The Hall–Kier alpha value is 3.91. The maximum Gasteiger partial charge on any atom is 1.00 e. The van der Waals surface area contributed by atoms with Crippen LogP contribution in [0.15, 0.2) is 24.3 Å². The Morgan fingerprint density at radius 2 is 0.550 bits per heavy atom. The Labute approximate surface area is 284 Å². The minimum Gasteiger partial charge on any atom is -0.545 e. The molecule has 0 aliphatic carbocycles. The molecule has 0 spiro atoms. The van der Waals surface area contributed by atoms with Crippen molar-refractivity contribution < 1.29 is 245 Å². The van der Waals surface area contributed by atoms with Crippen molar-refractivity contribution in [3.8, 4) is 0 Å². The molecule has 0 amide bonds. The summed E-state index contributed by atoms with van der Waals surface area (Å²) in [6.07, 6.45) is 1.54. The van der Waals surface area contributed by atoms with Gasteiger partial charge in [0.05, 0.1) is 23.9 Å². The van der Waals surface area contributed by atoms with Crippen molar-refractivity contribution in [3.05, 3.63) is 24.3 Å². The van der Waals surface area contributed by atoms with E-state index >= 15 is 0 Å². The summed E-state index contributed by atoms with van der Waals surface area (Å²) in [5.41, 5.74) is 0. The van der Waals surface area contributed by atoms with Gasteiger partial charge in [0.25, 0.3) is 0 Å². The molecule has 0 unspecified atom stereocenters. The summed E-state index contributed by atoms with van der Waals surface area (Å²) in [4.78, 5) is 37.7. The van der Waals surface area contributed by atoms with E-state index in [4.69, 9.17) is 0 Å². The van der Waals surface area contributed by atoms with Crippen molar-refractivity contribution in [2.45, 2.75) is 0 Å². The van der Waals surface area contributed by atoms with Crippen LogP contribution in [0.1, 0.15) is 0 Å². The van der Waals surface area contributed by atoms with Gasteiger partial charge in [0, 0.05) is 0 Å². The first-order chi connectivity index (χ1) is 7.25. The molecule has 0 rings (SSSR count). The third-order valence-corrected chi connectivity index (χ3v) is 0.711. The van der Waals surface area contributed by atoms with Gasteiger partial charge >= 0.3 is 206 Å². The summed E-state index contributed by atoms with van der Waals surface area (Å²) in [6, 6.07) is 0. The molecule has 0 aromatic rings. The Morgan fingerprint density at radius 3 is 0.600 bits per heavy atom. The van der Waals surface area contributed by atoms with Crippen LogP contribution in [-0.2, 0) is 19.2 Å². The maximum absolute atomic E-state index is 9.41. The molecular weight excluding hydrogens is 380 g/mol. The van der Waals surface area contributed by atoms with Crippen LogP contribution in [0.4, 0.5) is 0 Å². The number of hydrogen-bond acceptors (Lipinski definition) is 8. The summed E-state index contributed by atoms with van der Waals surface area (Å²) < 4.78 is 0. The topological polar surface area (TPSA) is 161 Å². The third-order valence-electron chi connectivity index (χ3n) is 0.711. The van der Waals surface area contributed by atoms with Gasteiger partial charge in [-0.15, -0.1) is 0 Å². The van der Waals surface area contributed by atoms with E-state index in [1.54, 1.807) is 0 Å². The molecule has 0 fully saturated rings. The fourth-order valence-electron chi connectivity index (χ4n) is 0.272. The number of carbonyl (C=O) groups is 4. The van der Waals surface area contributed by atoms with Gasteiger partial charge in [0.15, 0.2) is 0 Å². The van der Waals surface area contributed by atoms with Crippen LogP contribution in [0.5, 0.6) is 0 Å². The van der Waals surface area contributed by atoms with Gasteiger partial charge in [0.1, 0.15) is 0 Å². The van der Waals surface area contributed by atoms with Crippen molar-refractivity contribution in [2.75, 3.05) is 0 Å². The molecule has 0 saturated heterocycles. The molecule has 0 saturated carbocycles. The minimum absolute atomic E-state index is 0. The van der Waals surface area contributed by atoms with Crippen LogP contribution < -0.4 is 226 Å². The Bertz CT molecular complexity index is 286. The number of aliphatic carboxylic acids is 4. The maximum atomic E-state index is 9.41. The van der Waals surface area contributed by atoms with Crippen LogP contribution in [-0.4, -0.2) is 23.9 Å². The van der Waals surface area contributed by atoms with E-state index in [1.807, 2.05) is 0 Å². The van der Waals surface area contributed by atoms with Gasteiger partial charge < -0.3 is 39.6 Å². The van der Waals surface area contributed by atoms with E-state index in [-0.39, 0.29) is 206 Å². The van der Waals surface area contributed by atoms with Gasteiger partial charge in [-0.1, -0.05) is 0 Å². The average molecular weight is 385 g/mol. The summed E-state index contributed by atoms with van der Waals surface area (Å²) >= 11 is 0. The number of rotatable bonds is 4. The molecule has 0 radical (unpaired) electrons. The quantitative estimate of drug-likeness (QED) is 0.341. The van der Waals surface area contributed by atoms with Gasteiger partial charge in [-0.3, -0.25) is 0 Å². The van der Waals surface area contributed by atoms with E-state index < -0.39 is 23.9 Å². The van der Waals surface area contributed by atoms with Crippen LogP contribution >= 0.6 is 0 Å². The van der Waals surface area contributed by atoms with Crippen LogP contribution in [0, 0.1) is 0 Å². The van der Waals surface area contributed by atoms with E-state index in [0.717, 1.165) is 0 Å². The SMILES string of the molecule is O=C([O-])/C=C/C(=O)[O-].O=C([O-])/C=C/C(=O)[O-].[K+].[K+].[K+].[K+]. The molecule has 88 valence electrons. The Balaban J connectivity index is -0.0000000408. The summed E-state index contributed by atoms with van der Waals surface area (Å²) in [6.45, 7) is 0. The number of carboxylic acid groups (broad SMARTS) is 4. The zero-order valence-electron chi connectivity index (χ0n) is 11.6. The second-order valence-corrected chi connectivity index (χ2v) is 1.94. The van der Waals surface area contributed by atoms with Crippen molar-refractivity contribution in [1.29, 1.82) is 0 Å². The zero-order valence-corrected chi connectivity index (χ0v) is 24.1. The second kappa shape index (κ2) is 27.7. The van der Waals surface area contributed by atoms with Gasteiger partial charge in [-0.2, -0.15) is 0 Å². The van der Waals surface area contributed by atoms with Crippen molar-refractivity contribution >= 4 is 23.9 Å². The first kappa shape index (κ1) is 39.1. The largest absolute Gasteiger partial charge is 1.00 e. The molecule has 0 atom stereocenters. The fourth-order valence-corrected chi connectivity index (χ4v) is 0.272. The average Bonchev–Trinajstić information content (AvgIpc) is 2.12. The molecular formula is C8H4K4O8.